The molecule has 1 atom stereocenters. The molecular formula is C17H18F3N. The predicted octanol–water partition coefficient (Wildman–Crippen LogP) is 4.39. The van der Waals surface area contributed by atoms with Crippen molar-refractivity contribution in [3.05, 3.63) is 71.0 Å². The molecule has 0 fully saturated rings. The topological polar surface area (TPSA) is 12.0 Å². The maximum absolute atomic E-state index is 13.9. The van der Waals surface area contributed by atoms with E-state index in [0.717, 1.165) is 24.1 Å². The lowest BCUT2D eigenvalue weighted by Gasteiger charge is -2.20. The number of hydrogen-bond acceptors (Lipinski definition) is 1. The van der Waals surface area contributed by atoms with Gasteiger partial charge in [-0.2, -0.15) is 0 Å². The Morgan fingerprint density at radius 3 is 2.29 bits per heavy atom. The van der Waals surface area contributed by atoms with Crippen LogP contribution in [-0.2, 0) is 6.42 Å². The number of nitrogens with one attached hydrogen (secondary N) is 1. The van der Waals surface area contributed by atoms with Crippen molar-refractivity contribution in [3.63, 3.8) is 0 Å². The molecule has 2 aromatic rings. The smallest absolute Gasteiger partial charge is 0.128 e. The first-order valence-electron chi connectivity index (χ1n) is 7.03. The van der Waals surface area contributed by atoms with E-state index in [9.17, 15) is 13.2 Å². The Labute approximate surface area is 122 Å². The van der Waals surface area contributed by atoms with Crippen molar-refractivity contribution in [2.24, 2.45) is 0 Å². The second kappa shape index (κ2) is 7.27. The van der Waals surface area contributed by atoms with E-state index in [-0.39, 0.29) is 11.9 Å². The molecule has 2 rings (SSSR count). The summed E-state index contributed by atoms with van der Waals surface area (Å²) in [6, 6.07) is 9.17. The highest BCUT2D eigenvalue weighted by Crippen LogP contribution is 2.22. The summed E-state index contributed by atoms with van der Waals surface area (Å²) in [4.78, 5) is 0. The second-order valence-electron chi connectivity index (χ2n) is 5.00. The van der Waals surface area contributed by atoms with E-state index in [4.69, 9.17) is 0 Å². The molecule has 0 amide bonds. The summed E-state index contributed by atoms with van der Waals surface area (Å²) in [5, 5.41) is 3.22. The molecule has 0 aliphatic carbocycles. The largest absolute Gasteiger partial charge is 0.310 e. The molecule has 0 saturated heterocycles. The van der Waals surface area contributed by atoms with E-state index in [1.54, 1.807) is 12.1 Å². The van der Waals surface area contributed by atoms with Gasteiger partial charge in [0.2, 0.25) is 0 Å². The third-order valence-corrected chi connectivity index (χ3v) is 3.33. The van der Waals surface area contributed by atoms with Gasteiger partial charge < -0.3 is 5.32 Å². The first-order valence-corrected chi connectivity index (χ1v) is 7.03. The van der Waals surface area contributed by atoms with Gasteiger partial charge in [0.05, 0.1) is 0 Å². The fourth-order valence-electron chi connectivity index (χ4n) is 2.25. The van der Waals surface area contributed by atoms with Gasteiger partial charge in [-0.1, -0.05) is 19.1 Å². The molecule has 2 aromatic carbocycles. The highest BCUT2D eigenvalue weighted by molar-refractivity contribution is 5.26. The summed E-state index contributed by atoms with van der Waals surface area (Å²) in [5.74, 6) is -1.21. The molecule has 112 valence electrons. The minimum atomic E-state index is -0.464. The Kier molecular flexibility index (Phi) is 5.39. The highest BCUT2D eigenvalue weighted by atomic mass is 19.1. The summed E-state index contributed by atoms with van der Waals surface area (Å²) < 4.78 is 40.3. The molecule has 0 saturated carbocycles. The SMILES string of the molecule is CCCNC(Cc1ccc(F)cc1)c1cc(F)ccc1F. The van der Waals surface area contributed by atoms with Crippen LogP contribution in [0.5, 0.6) is 0 Å². The minimum absolute atomic E-state index is 0.299. The van der Waals surface area contributed by atoms with E-state index in [1.807, 2.05) is 6.92 Å². The monoisotopic (exact) mass is 293 g/mol. The number of halogens is 3. The normalized spacial score (nSPS) is 12.4. The molecule has 0 bridgehead atoms. The quantitative estimate of drug-likeness (QED) is 0.833. The molecule has 4 heteroatoms. The van der Waals surface area contributed by atoms with Crippen LogP contribution in [0.1, 0.15) is 30.5 Å². The molecule has 0 radical (unpaired) electrons. The average molecular weight is 293 g/mol. The van der Waals surface area contributed by atoms with Crippen LogP contribution >= 0.6 is 0 Å². The molecule has 0 aliphatic rings. The zero-order valence-electron chi connectivity index (χ0n) is 11.9. The third kappa shape index (κ3) is 4.33. The fourth-order valence-corrected chi connectivity index (χ4v) is 2.25. The zero-order valence-corrected chi connectivity index (χ0v) is 11.9. The van der Waals surface area contributed by atoms with Gasteiger partial charge >= 0.3 is 0 Å². The Bertz CT molecular complexity index is 581. The lowest BCUT2D eigenvalue weighted by Crippen LogP contribution is -2.25. The zero-order chi connectivity index (χ0) is 15.2. The predicted molar refractivity (Wildman–Crippen MR) is 77.5 cm³/mol. The van der Waals surface area contributed by atoms with Gasteiger partial charge in [-0.15, -0.1) is 0 Å². The van der Waals surface area contributed by atoms with Gasteiger partial charge in [0.15, 0.2) is 0 Å². The summed E-state index contributed by atoms with van der Waals surface area (Å²) in [5.41, 5.74) is 1.17. The van der Waals surface area contributed by atoms with Gasteiger partial charge in [-0.05, 0) is 55.3 Å². The van der Waals surface area contributed by atoms with Crippen molar-refractivity contribution in [1.29, 1.82) is 0 Å². The van der Waals surface area contributed by atoms with Crippen LogP contribution < -0.4 is 5.32 Å². The molecule has 21 heavy (non-hydrogen) atoms. The lowest BCUT2D eigenvalue weighted by atomic mass is 9.98. The highest BCUT2D eigenvalue weighted by Gasteiger charge is 2.16. The van der Waals surface area contributed by atoms with Crippen molar-refractivity contribution in [2.75, 3.05) is 6.54 Å². The van der Waals surface area contributed by atoms with Crippen LogP contribution in [0.25, 0.3) is 0 Å². The van der Waals surface area contributed by atoms with Gasteiger partial charge in [-0.25, -0.2) is 13.2 Å². The maximum atomic E-state index is 13.9. The molecule has 1 nitrogen and oxygen atoms in total. The van der Waals surface area contributed by atoms with Crippen molar-refractivity contribution in [2.45, 2.75) is 25.8 Å². The minimum Gasteiger partial charge on any atom is -0.310 e. The lowest BCUT2D eigenvalue weighted by molar-refractivity contribution is 0.490. The van der Waals surface area contributed by atoms with E-state index in [0.29, 0.717) is 18.5 Å². The van der Waals surface area contributed by atoms with E-state index < -0.39 is 11.6 Å². The molecule has 0 aromatic heterocycles. The Balaban J connectivity index is 2.25. The van der Waals surface area contributed by atoms with Crippen molar-refractivity contribution >= 4 is 0 Å². The van der Waals surface area contributed by atoms with Gasteiger partial charge in [0, 0.05) is 11.6 Å². The van der Waals surface area contributed by atoms with E-state index in [2.05, 4.69) is 5.32 Å². The van der Waals surface area contributed by atoms with E-state index >= 15 is 0 Å². The van der Waals surface area contributed by atoms with Crippen molar-refractivity contribution in [3.8, 4) is 0 Å². The Morgan fingerprint density at radius 2 is 1.62 bits per heavy atom. The third-order valence-electron chi connectivity index (χ3n) is 3.33. The first-order chi connectivity index (χ1) is 10.1. The number of benzene rings is 2. The van der Waals surface area contributed by atoms with Crippen LogP contribution in [0, 0.1) is 17.5 Å². The molecular weight excluding hydrogens is 275 g/mol. The fraction of sp³-hybridized carbons (Fsp3) is 0.294. The Morgan fingerprint density at radius 1 is 0.952 bits per heavy atom. The molecule has 0 heterocycles. The summed E-state index contributed by atoms with van der Waals surface area (Å²) in [6.45, 7) is 2.70. The van der Waals surface area contributed by atoms with Crippen LogP contribution in [0.3, 0.4) is 0 Å². The second-order valence-corrected chi connectivity index (χ2v) is 5.00. The average Bonchev–Trinajstić information content (AvgIpc) is 2.48. The van der Waals surface area contributed by atoms with Crippen molar-refractivity contribution < 1.29 is 13.2 Å². The summed E-state index contributed by atoms with van der Waals surface area (Å²) >= 11 is 0. The summed E-state index contributed by atoms with van der Waals surface area (Å²) in [6.07, 6.45) is 1.36. The van der Waals surface area contributed by atoms with Crippen LogP contribution in [0.4, 0.5) is 13.2 Å². The standard InChI is InChI=1S/C17H18F3N/c1-2-9-21-17(10-12-3-5-13(18)6-4-12)15-11-14(19)7-8-16(15)20/h3-8,11,17,21H,2,9-10H2,1H3. The number of rotatable bonds is 6. The van der Waals surface area contributed by atoms with E-state index in [1.165, 1.54) is 18.2 Å². The van der Waals surface area contributed by atoms with Crippen LogP contribution in [0.15, 0.2) is 42.5 Å². The molecule has 0 aliphatic heterocycles. The van der Waals surface area contributed by atoms with Gasteiger partial charge in [-0.3, -0.25) is 0 Å². The molecule has 0 spiro atoms. The number of hydrogen-bond donors (Lipinski definition) is 1. The van der Waals surface area contributed by atoms with Crippen molar-refractivity contribution in [1.82, 2.24) is 5.32 Å². The van der Waals surface area contributed by atoms with Gasteiger partial charge in [0.1, 0.15) is 17.5 Å². The van der Waals surface area contributed by atoms with Gasteiger partial charge in [0.25, 0.3) is 0 Å². The van der Waals surface area contributed by atoms with Crippen LogP contribution in [-0.4, -0.2) is 6.54 Å². The molecule has 1 N–H and O–H groups in total. The summed E-state index contributed by atoms with van der Waals surface area (Å²) in [7, 11) is 0. The maximum Gasteiger partial charge on any atom is 0.128 e. The molecule has 1 unspecified atom stereocenters. The Hall–Kier alpha value is -1.81. The first kappa shape index (κ1) is 15.6. The van der Waals surface area contributed by atoms with Crippen LogP contribution in [0.2, 0.25) is 0 Å².